The Morgan fingerprint density at radius 3 is 2.00 bits per heavy atom. The standard InChI is InChI=1S/C25H29BrN2O3S.ClH/c1-32(30,31)28(19-22-11-6-3-7-12-22)24-14-8-13-23(17-24)25(29)20-27(16-15-26)18-21-9-4-2-5-10-21;/h2-14,17,25,29H,15-16,18-20H2,1H3;1H. The van der Waals surface area contributed by atoms with Crippen LogP contribution in [0.5, 0.6) is 0 Å². The Bertz CT molecular complexity index is 1090. The Morgan fingerprint density at radius 1 is 0.879 bits per heavy atom. The minimum atomic E-state index is -3.50. The average Bonchev–Trinajstić information content (AvgIpc) is 2.78. The summed E-state index contributed by atoms with van der Waals surface area (Å²) in [5, 5.41) is 11.8. The Morgan fingerprint density at radius 2 is 1.45 bits per heavy atom. The predicted octanol–water partition coefficient (Wildman–Crippen LogP) is 5.01. The highest BCUT2D eigenvalue weighted by molar-refractivity contribution is 9.09. The molecule has 1 unspecified atom stereocenters. The first-order valence-electron chi connectivity index (χ1n) is 10.5. The van der Waals surface area contributed by atoms with Crippen molar-refractivity contribution in [2.75, 3.05) is 29.0 Å². The molecule has 3 aromatic carbocycles. The summed E-state index contributed by atoms with van der Waals surface area (Å²) in [5.74, 6) is 0. The van der Waals surface area contributed by atoms with Gasteiger partial charge in [0.1, 0.15) is 0 Å². The van der Waals surface area contributed by atoms with Gasteiger partial charge in [-0.1, -0.05) is 88.7 Å². The Kier molecular flexibility index (Phi) is 10.9. The van der Waals surface area contributed by atoms with E-state index >= 15 is 0 Å². The molecule has 0 radical (unpaired) electrons. The molecule has 0 bridgehead atoms. The van der Waals surface area contributed by atoms with Gasteiger partial charge in [-0.25, -0.2) is 8.42 Å². The van der Waals surface area contributed by atoms with Crippen molar-refractivity contribution in [3.05, 3.63) is 102 Å². The highest BCUT2D eigenvalue weighted by Gasteiger charge is 2.20. The molecule has 1 atom stereocenters. The molecule has 0 aromatic heterocycles. The van der Waals surface area contributed by atoms with Crippen LogP contribution in [0, 0.1) is 0 Å². The first kappa shape index (κ1) is 27.3. The van der Waals surface area contributed by atoms with Gasteiger partial charge in [0.15, 0.2) is 0 Å². The molecule has 3 aromatic rings. The number of halogens is 2. The van der Waals surface area contributed by atoms with Crippen molar-refractivity contribution in [3.63, 3.8) is 0 Å². The van der Waals surface area contributed by atoms with E-state index in [9.17, 15) is 13.5 Å². The smallest absolute Gasteiger partial charge is 0.232 e. The fraction of sp³-hybridized carbons (Fsp3) is 0.280. The highest BCUT2D eigenvalue weighted by Crippen LogP contribution is 2.25. The van der Waals surface area contributed by atoms with Crippen molar-refractivity contribution < 1.29 is 13.5 Å². The first-order chi connectivity index (χ1) is 15.4. The van der Waals surface area contributed by atoms with E-state index in [4.69, 9.17) is 0 Å². The molecule has 8 heteroatoms. The number of aliphatic hydroxyl groups excluding tert-OH is 1. The Balaban J connectivity index is 0.00000385. The lowest BCUT2D eigenvalue weighted by Crippen LogP contribution is -2.31. The van der Waals surface area contributed by atoms with Crippen LogP contribution >= 0.6 is 28.3 Å². The number of sulfonamides is 1. The summed E-state index contributed by atoms with van der Waals surface area (Å²) >= 11 is 3.50. The minimum absolute atomic E-state index is 0. The van der Waals surface area contributed by atoms with Gasteiger partial charge in [0.25, 0.3) is 0 Å². The quantitative estimate of drug-likeness (QED) is 0.339. The van der Waals surface area contributed by atoms with E-state index in [-0.39, 0.29) is 19.0 Å². The second-order valence-corrected chi connectivity index (χ2v) is 10.5. The van der Waals surface area contributed by atoms with Crippen LogP contribution in [0.4, 0.5) is 5.69 Å². The van der Waals surface area contributed by atoms with E-state index in [1.807, 2.05) is 54.6 Å². The van der Waals surface area contributed by atoms with Gasteiger partial charge in [0.2, 0.25) is 10.0 Å². The Hall–Kier alpha value is -1.90. The molecule has 0 saturated carbocycles. The number of hydrogen-bond donors (Lipinski definition) is 1. The lowest BCUT2D eigenvalue weighted by Gasteiger charge is -2.26. The monoisotopic (exact) mass is 552 g/mol. The molecule has 0 heterocycles. The third kappa shape index (κ3) is 8.43. The largest absolute Gasteiger partial charge is 0.387 e. The van der Waals surface area contributed by atoms with Crippen LogP contribution in [-0.4, -0.2) is 43.1 Å². The molecule has 178 valence electrons. The zero-order chi connectivity index (χ0) is 23.0. The molecule has 5 nitrogen and oxygen atoms in total. The molecule has 0 spiro atoms. The Labute approximate surface area is 211 Å². The molecule has 0 fully saturated rings. The minimum Gasteiger partial charge on any atom is -0.387 e. The number of rotatable bonds is 11. The van der Waals surface area contributed by atoms with Gasteiger partial charge in [0, 0.05) is 25.0 Å². The van der Waals surface area contributed by atoms with Crippen LogP contribution < -0.4 is 4.31 Å². The molecule has 0 aliphatic rings. The second-order valence-electron chi connectivity index (χ2n) is 7.78. The first-order valence-corrected chi connectivity index (χ1v) is 13.5. The average molecular weight is 554 g/mol. The van der Waals surface area contributed by atoms with Crippen molar-refractivity contribution in [1.82, 2.24) is 4.90 Å². The van der Waals surface area contributed by atoms with Crippen LogP contribution in [-0.2, 0) is 23.1 Å². The summed E-state index contributed by atoms with van der Waals surface area (Å²) < 4.78 is 26.4. The van der Waals surface area contributed by atoms with Gasteiger partial charge >= 0.3 is 0 Å². The number of benzene rings is 3. The van der Waals surface area contributed by atoms with Crippen LogP contribution in [0.2, 0.25) is 0 Å². The maximum atomic E-state index is 12.5. The summed E-state index contributed by atoms with van der Waals surface area (Å²) in [6.45, 7) is 2.20. The number of nitrogens with zero attached hydrogens (tertiary/aromatic N) is 2. The van der Waals surface area contributed by atoms with E-state index in [1.165, 1.54) is 16.1 Å². The summed E-state index contributed by atoms with van der Waals surface area (Å²) in [6, 6.07) is 26.8. The third-order valence-electron chi connectivity index (χ3n) is 5.19. The molecular formula is C25H30BrClN2O3S. The molecule has 0 aliphatic heterocycles. The fourth-order valence-corrected chi connectivity index (χ4v) is 4.96. The van der Waals surface area contributed by atoms with Crippen LogP contribution in [0.1, 0.15) is 22.8 Å². The van der Waals surface area contributed by atoms with Crippen molar-refractivity contribution in [3.8, 4) is 0 Å². The predicted molar refractivity (Wildman–Crippen MR) is 142 cm³/mol. The topological polar surface area (TPSA) is 60.9 Å². The zero-order valence-electron chi connectivity index (χ0n) is 18.5. The molecule has 0 saturated heterocycles. The maximum absolute atomic E-state index is 12.5. The van der Waals surface area contributed by atoms with Gasteiger partial charge in [-0.3, -0.25) is 9.21 Å². The molecule has 33 heavy (non-hydrogen) atoms. The molecule has 0 aliphatic carbocycles. The maximum Gasteiger partial charge on any atom is 0.232 e. The number of alkyl halides is 1. The van der Waals surface area contributed by atoms with E-state index in [2.05, 4.69) is 33.0 Å². The summed E-state index contributed by atoms with van der Waals surface area (Å²) in [4.78, 5) is 2.18. The van der Waals surface area contributed by atoms with E-state index < -0.39 is 16.1 Å². The zero-order valence-corrected chi connectivity index (χ0v) is 21.8. The third-order valence-corrected chi connectivity index (χ3v) is 6.69. The number of aliphatic hydroxyl groups is 1. The fourth-order valence-electron chi connectivity index (χ4n) is 3.58. The van der Waals surface area contributed by atoms with Gasteiger partial charge < -0.3 is 5.11 Å². The highest BCUT2D eigenvalue weighted by atomic mass is 79.9. The number of anilines is 1. The lowest BCUT2D eigenvalue weighted by atomic mass is 10.1. The molecule has 0 amide bonds. The van der Waals surface area contributed by atoms with Gasteiger partial charge in [-0.2, -0.15) is 0 Å². The summed E-state index contributed by atoms with van der Waals surface area (Å²) in [5.41, 5.74) is 3.32. The van der Waals surface area contributed by atoms with Crippen molar-refractivity contribution in [2.24, 2.45) is 0 Å². The van der Waals surface area contributed by atoms with Gasteiger partial charge in [0.05, 0.1) is 24.6 Å². The van der Waals surface area contributed by atoms with Crippen molar-refractivity contribution in [2.45, 2.75) is 19.2 Å². The van der Waals surface area contributed by atoms with Gasteiger partial charge in [-0.05, 0) is 28.8 Å². The van der Waals surface area contributed by atoms with Crippen LogP contribution in [0.25, 0.3) is 0 Å². The van der Waals surface area contributed by atoms with Crippen molar-refractivity contribution >= 4 is 44.0 Å². The van der Waals surface area contributed by atoms with E-state index in [0.29, 0.717) is 17.8 Å². The van der Waals surface area contributed by atoms with Crippen LogP contribution in [0.3, 0.4) is 0 Å². The molecule has 1 N–H and O–H groups in total. The lowest BCUT2D eigenvalue weighted by molar-refractivity contribution is 0.113. The van der Waals surface area contributed by atoms with Crippen molar-refractivity contribution in [1.29, 1.82) is 0 Å². The second kappa shape index (κ2) is 13.1. The summed E-state index contributed by atoms with van der Waals surface area (Å²) in [7, 11) is -3.50. The SMILES string of the molecule is CS(=O)(=O)N(Cc1ccccc1)c1cccc(C(O)CN(CCBr)Cc2ccccc2)c1.Cl. The van der Waals surface area contributed by atoms with E-state index in [1.54, 1.807) is 18.2 Å². The summed E-state index contributed by atoms with van der Waals surface area (Å²) in [6.07, 6.45) is 0.465. The normalized spacial score (nSPS) is 12.2. The van der Waals surface area contributed by atoms with Gasteiger partial charge in [-0.15, -0.1) is 12.4 Å². The molecular weight excluding hydrogens is 524 g/mol. The number of hydrogen-bond acceptors (Lipinski definition) is 4. The van der Waals surface area contributed by atoms with Crippen LogP contribution in [0.15, 0.2) is 84.9 Å². The molecule has 3 rings (SSSR count). The van der Waals surface area contributed by atoms with E-state index in [0.717, 1.165) is 24.0 Å².